The second-order valence-electron chi connectivity index (χ2n) is 2.38. The fourth-order valence-electron chi connectivity index (χ4n) is 0.929. The molecule has 0 fully saturated rings. The van der Waals surface area contributed by atoms with Gasteiger partial charge in [-0.15, -0.1) is 0 Å². The summed E-state index contributed by atoms with van der Waals surface area (Å²) in [6, 6.07) is 0.585. The van der Waals surface area contributed by atoms with E-state index < -0.39 is 32.8 Å². The van der Waals surface area contributed by atoms with Gasteiger partial charge in [0.25, 0.3) is 0 Å². The predicted octanol–water partition coefficient (Wildman–Crippen LogP) is 2.83. The van der Waals surface area contributed by atoms with E-state index in [9.17, 15) is 18.9 Å². The summed E-state index contributed by atoms with van der Waals surface area (Å²) in [5, 5.41) is 9.80. The summed E-state index contributed by atoms with van der Waals surface area (Å²) < 4.78 is 25.8. The molecule has 0 aliphatic carbocycles. The lowest BCUT2D eigenvalue weighted by atomic mass is 10.2. The molecule has 13 heavy (non-hydrogen) atoms. The van der Waals surface area contributed by atoms with Crippen LogP contribution in [0.2, 0.25) is 5.02 Å². The van der Waals surface area contributed by atoms with Crippen LogP contribution < -0.4 is 0 Å². The Hall–Kier alpha value is -1.23. The van der Waals surface area contributed by atoms with Crippen LogP contribution in [0.4, 0.5) is 14.5 Å². The molecule has 0 spiro atoms. The minimum absolute atomic E-state index is 0.394. The number of hydrogen-bond acceptors (Lipinski definition) is 2. The van der Waals surface area contributed by atoms with Gasteiger partial charge in [0.2, 0.25) is 5.82 Å². The lowest BCUT2D eigenvalue weighted by molar-refractivity contribution is -0.388. The van der Waals surface area contributed by atoms with E-state index in [0.29, 0.717) is 6.07 Å². The Balaban J connectivity index is 3.53. The maximum Gasteiger partial charge on any atom is 0.310 e. The molecule has 70 valence electrons. The summed E-state index contributed by atoms with van der Waals surface area (Å²) in [4.78, 5) is 9.28. The van der Waals surface area contributed by atoms with Gasteiger partial charge in [0.15, 0.2) is 5.82 Å². The Labute approximate surface area is 77.1 Å². The van der Waals surface area contributed by atoms with Crippen LogP contribution in [0.15, 0.2) is 6.07 Å². The van der Waals surface area contributed by atoms with Crippen molar-refractivity contribution < 1.29 is 13.7 Å². The molecule has 0 N–H and O–H groups in total. The van der Waals surface area contributed by atoms with Gasteiger partial charge < -0.3 is 0 Å². The van der Waals surface area contributed by atoms with Gasteiger partial charge in [-0.3, -0.25) is 10.1 Å². The van der Waals surface area contributed by atoms with Gasteiger partial charge in [0, 0.05) is 6.07 Å². The fourth-order valence-corrected chi connectivity index (χ4v) is 1.17. The van der Waals surface area contributed by atoms with Crippen LogP contribution in [0.25, 0.3) is 0 Å². The van der Waals surface area contributed by atoms with Gasteiger partial charge in [0.05, 0.1) is 15.5 Å². The second kappa shape index (κ2) is 3.26. The Morgan fingerprint density at radius 2 is 2.08 bits per heavy atom. The average Bonchev–Trinajstić information content (AvgIpc) is 1.99. The largest absolute Gasteiger partial charge is 0.310 e. The third-order valence-electron chi connectivity index (χ3n) is 1.56. The Kier molecular flexibility index (Phi) is 2.47. The summed E-state index contributed by atoms with van der Waals surface area (Å²) in [5.41, 5.74) is -1.27. The molecule has 0 saturated heterocycles. The molecule has 1 aromatic carbocycles. The van der Waals surface area contributed by atoms with Crippen LogP contribution in [0.3, 0.4) is 0 Å². The summed E-state index contributed by atoms with van der Waals surface area (Å²) in [6.45, 7) is 1.10. The zero-order valence-corrected chi connectivity index (χ0v) is 7.23. The van der Waals surface area contributed by atoms with Crippen LogP contribution in [-0.2, 0) is 0 Å². The molecule has 0 aliphatic heterocycles. The van der Waals surface area contributed by atoms with Crippen molar-refractivity contribution >= 4 is 17.3 Å². The van der Waals surface area contributed by atoms with Crippen molar-refractivity contribution in [1.82, 2.24) is 0 Å². The third-order valence-corrected chi connectivity index (χ3v) is 1.83. The van der Waals surface area contributed by atoms with Crippen molar-refractivity contribution in [2.45, 2.75) is 6.92 Å². The zero-order valence-electron chi connectivity index (χ0n) is 6.47. The number of benzene rings is 1. The molecule has 0 aliphatic rings. The molecule has 0 aromatic heterocycles. The number of nitro benzene ring substituents is 1. The normalized spacial score (nSPS) is 10.2. The van der Waals surface area contributed by atoms with Crippen molar-refractivity contribution in [2.75, 3.05) is 0 Å². The molecular formula is C7H4ClF2NO2. The molecule has 0 heterocycles. The first-order valence-corrected chi connectivity index (χ1v) is 3.61. The quantitative estimate of drug-likeness (QED) is 0.404. The third kappa shape index (κ3) is 1.60. The standard InChI is InChI=1S/C7H4ClF2NO2/c1-3-6(10)4(8)2-5(9)7(3)11(12)13/h2H,1H3. The van der Waals surface area contributed by atoms with Crippen molar-refractivity contribution in [2.24, 2.45) is 0 Å². The fraction of sp³-hybridized carbons (Fsp3) is 0.143. The lowest BCUT2D eigenvalue weighted by Gasteiger charge is -2.01. The maximum absolute atomic E-state index is 12.9. The molecule has 1 rings (SSSR count). The Morgan fingerprint density at radius 1 is 1.54 bits per heavy atom. The van der Waals surface area contributed by atoms with Gasteiger partial charge in [-0.1, -0.05) is 11.6 Å². The van der Waals surface area contributed by atoms with Gasteiger partial charge in [0.1, 0.15) is 0 Å². The zero-order chi connectivity index (χ0) is 10.2. The minimum atomic E-state index is -1.13. The SMILES string of the molecule is Cc1c(F)c(Cl)cc(F)c1[N+](=O)[O-]. The topological polar surface area (TPSA) is 43.1 Å². The highest BCUT2D eigenvalue weighted by molar-refractivity contribution is 6.30. The van der Waals surface area contributed by atoms with Crippen LogP contribution in [0, 0.1) is 28.7 Å². The molecular weight excluding hydrogens is 204 g/mol. The predicted molar refractivity (Wildman–Crippen MR) is 42.8 cm³/mol. The molecule has 0 radical (unpaired) electrons. The summed E-state index contributed by atoms with van der Waals surface area (Å²) in [6.07, 6.45) is 0. The van der Waals surface area contributed by atoms with E-state index in [1.165, 1.54) is 0 Å². The van der Waals surface area contributed by atoms with E-state index in [0.717, 1.165) is 6.92 Å². The highest BCUT2D eigenvalue weighted by Gasteiger charge is 2.23. The molecule has 0 bridgehead atoms. The van der Waals surface area contributed by atoms with E-state index in [-0.39, 0.29) is 0 Å². The van der Waals surface area contributed by atoms with Gasteiger partial charge in [-0.2, -0.15) is 4.39 Å². The highest BCUT2D eigenvalue weighted by Crippen LogP contribution is 2.29. The smallest absolute Gasteiger partial charge is 0.258 e. The van der Waals surface area contributed by atoms with E-state index in [2.05, 4.69) is 0 Å². The highest BCUT2D eigenvalue weighted by atomic mass is 35.5. The van der Waals surface area contributed by atoms with E-state index in [4.69, 9.17) is 11.6 Å². The molecule has 0 unspecified atom stereocenters. The first kappa shape index (κ1) is 9.85. The number of halogens is 3. The molecule has 6 heteroatoms. The molecule has 0 atom stereocenters. The van der Waals surface area contributed by atoms with Crippen LogP contribution in [-0.4, -0.2) is 4.92 Å². The summed E-state index contributed by atoms with van der Waals surface area (Å²) >= 11 is 5.26. The molecule has 0 saturated carbocycles. The molecule has 0 amide bonds. The van der Waals surface area contributed by atoms with E-state index >= 15 is 0 Å². The van der Waals surface area contributed by atoms with Crippen molar-refractivity contribution in [3.05, 3.63) is 38.4 Å². The number of rotatable bonds is 1. The van der Waals surface area contributed by atoms with Gasteiger partial charge in [-0.25, -0.2) is 4.39 Å². The monoisotopic (exact) mass is 207 g/mol. The van der Waals surface area contributed by atoms with Gasteiger partial charge >= 0.3 is 5.69 Å². The molecule has 3 nitrogen and oxygen atoms in total. The first-order valence-electron chi connectivity index (χ1n) is 3.23. The summed E-state index contributed by atoms with van der Waals surface area (Å²) in [5.74, 6) is -2.09. The minimum Gasteiger partial charge on any atom is -0.258 e. The number of nitro groups is 1. The van der Waals surface area contributed by atoms with Crippen LogP contribution in [0.5, 0.6) is 0 Å². The maximum atomic E-state index is 12.9. The van der Waals surface area contributed by atoms with Crippen LogP contribution in [0.1, 0.15) is 5.56 Å². The first-order chi connectivity index (χ1) is 5.95. The van der Waals surface area contributed by atoms with Crippen molar-refractivity contribution in [3.8, 4) is 0 Å². The molecule has 1 aromatic rings. The van der Waals surface area contributed by atoms with Gasteiger partial charge in [-0.05, 0) is 6.92 Å². The average molecular weight is 208 g/mol. The Bertz CT molecular complexity index is 381. The van der Waals surface area contributed by atoms with E-state index in [1.807, 2.05) is 0 Å². The van der Waals surface area contributed by atoms with Crippen molar-refractivity contribution in [3.63, 3.8) is 0 Å². The van der Waals surface area contributed by atoms with E-state index in [1.54, 1.807) is 0 Å². The van der Waals surface area contributed by atoms with Crippen molar-refractivity contribution in [1.29, 1.82) is 0 Å². The number of nitrogens with zero attached hydrogens (tertiary/aromatic N) is 1. The van der Waals surface area contributed by atoms with Crippen LogP contribution >= 0.6 is 11.6 Å². The second-order valence-corrected chi connectivity index (χ2v) is 2.79. The lowest BCUT2D eigenvalue weighted by Crippen LogP contribution is -1.98. The Morgan fingerprint density at radius 3 is 2.54 bits per heavy atom. The number of hydrogen-bond donors (Lipinski definition) is 0. The summed E-state index contributed by atoms with van der Waals surface area (Å²) in [7, 11) is 0.